The van der Waals surface area contributed by atoms with Crippen LogP contribution in [-0.4, -0.2) is 25.0 Å². The minimum atomic E-state index is -0.437. The van der Waals surface area contributed by atoms with Gasteiger partial charge in [0.05, 0.1) is 13.0 Å². The lowest BCUT2D eigenvalue weighted by atomic mass is 10.2. The Morgan fingerprint density at radius 3 is 2.17 bits per heavy atom. The van der Waals surface area contributed by atoms with Crippen molar-refractivity contribution in [1.29, 1.82) is 0 Å². The molecule has 2 amide bonds. The van der Waals surface area contributed by atoms with Crippen molar-refractivity contribution in [2.24, 2.45) is 0 Å². The van der Waals surface area contributed by atoms with Gasteiger partial charge >= 0.3 is 0 Å². The lowest BCUT2D eigenvalue weighted by Gasteiger charge is -2.09. The summed E-state index contributed by atoms with van der Waals surface area (Å²) in [6, 6.07) is 16.5. The number of amides is 2. The highest BCUT2D eigenvalue weighted by Gasteiger charge is 2.06. The van der Waals surface area contributed by atoms with Crippen LogP contribution in [0.5, 0.6) is 11.5 Å². The Bertz CT molecular complexity index is 656. The Balaban J connectivity index is 1.59. The molecule has 0 heterocycles. The first-order valence-corrected chi connectivity index (χ1v) is 7.58. The van der Waals surface area contributed by atoms with Crippen molar-refractivity contribution in [3.63, 3.8) is 0 Å². The highest BCUT2D eigenvalue weighted by atomic mass is 16.5. The van der Waals surface area contributed by atoms with Crippen molar-refractivity contribution >= 4 is 11.8 Å². The number of hydrogen-bond acceptors (Lipinski definition) is 4. The minimum absolute atomic E-state index is 0.133. The SMILES string of the molecule is Cc1ccc(OCC(=O)NNC(=O)CCOc2ccccc2)cc1. The molecule has 0 radical (unpaired) electrons. The Morgan fingerprint density at radius 1 is 0.833 bits per heavy atom. The molecule has 0 fully saturated rings. The molecule has 0 aliphatic heterocycles. The molecule has 0 unspecified atom stereocenters. The molecule has 0 aliphatic carbocycles. The van der Waals surface area contributed by atoms with Crippen molar-refractivity contribution in [2.75, 3.05) is 13.2 Å². The maximum absolute atomic E-state index is 11.6. The van der Waals surface area contributed by atoms with E-state index in [1.807, 2.05) is 49.4 Å². The van der Waals surface area contributed by atoms with E-state index in [2.05, 4.69) is 10.9 Å². The summed E-state index contributed by atoms with van der Waals surface area (Å²) in [5.41, 5.74) is 5.72. The zero-order valence-corrected chi connectivity index (χ0v) is 13.5. The third-order valence-electron chi connectivity index (χ3n) is 3.07. The van der Waals surface area contributed by atoms with E-state index < -0.39 is 5.91 Å². The summed E-state index contributed by atoms with van der Waals surface area (Å²) >= 11 is 0. The van der Waals surface area contributed by atoms with Gasteiger partial charge in [0.1, 0.15) is 11.5 Å². The molecule has 0 bridgehead atoms. The molecule has 24 heavy (non-hydrogen) atoms. The van der Waals surface area contributed by atoms with Crippen LogP contribution in [0, 0.1) is 6.92 Å². The van der Waals surface area contributed by atoms with Gasteiger partial charge in [0.15, 0.2) is 6.61 Å². The average molecular weight is 328 g/mol. The van der Waals surface area contributed by atoms with Crippen molar-refractivity contribution < 1.29 is 19.1 Å². The molecule has 0 spiro atoms. The molecule has 0 saturated carbocycles. The second-order valence-corrected chi connectivity index (χ2v) is 5.11. The topological polar surface area (TPSA) is 76.7 Å². The van der Waals surface area contributed by atoms with Gasteiger partial charge in [-0.2, -0.15) is 0 Å². The summed E-state index contributed by atoms with van der Waals surface area (Å²) in [6.45, 7) is 2.02. The van der Waals surface area contributed by atoms with Crippen LogP contribution in [-0.2, 0) is 9.59 Å². The third-order valence-corrected chi connectivity index (χ3v) is 3.07. The van der Waals surface area contributed by atoms with Crippen LogP contribution in [0.3, 0.4) is 0 Å². The Labute approximate surface area is 140 Å². The summed E-state index contributed by atoms with van der Waals surface area (Å²) in [7, 11) is 0. The summed E-state index contributed by atoms with van der Waals surface area (Å²) in [5.74, 6) is 0.515. The Morgan fingerprint density at radius 2 is 1.46 bits per heavy atom. The number of carbonyl (C=O) groups excluding carboxylic acids is 2. The van der Waals surface area contributed by atoms with Crippen molar-refractivity contribution in [1.82, 2.24) is 10.9 Å². The zero-order valence-electron chi connectivity index (χ0n) is 13.5. The van der Waals surface area contributed by atoms with Crippen molar-refractivity contribution in [3.05, 3.63) is 60.2 Å². The quantitative estimate of drug-likeness (QED) is 0.762. The molecule has 0 aromatic heterocycles. The van der Waals surface area contributed by atoms with E-state index in [0.717, 1.165) is 5.56 Å². The van der Waals surface area contributed by atoms with Crippen LogP contribution in [0.1, 0.15) is 12.0 Å². The van der Waals surface area contributed by atoms with Gasteiger partial charge < -0.3 is 9.47 Å². The third kappa shape index (κ3) is 6.39. The number of ether oxygens (including phenoxy) is 2. The van der Waals surface area contributed by atoms with Gasteiger partial charge in [0.2, 0.25) is 5.91 Å². The van der Waals surface area contributed by atoms with Crippen LogP contribution in [0.15, 0.2) is 54.6 Å². The maximum atomic E-state index is 11.6. The number of carbonyl (C=O) groups is 2. The molecule has 6 heteroatoms. The zero-order chi connectivity index (χ0) is 17.2. The van der Waals surface area contributed by atoms with Gasteiger partial charge in [-0.1, -0.05) is 35.9 Å². The molecule has 0 aliphatic rings. The number of nitrogens with one attached hydrogen (secondary N) is 2. The van der Waals surface area contributed by atoms with E-state index in [1.54, 1.807) is 12.1 Å². The minimum Gasteiger partial charge on any atom is -0.493 e. The Kier molecular flexibility index (Phi) is 6.64. The van der Waals surface area contributed by atoms with E-state index in [1.165, 1.54) is 0 Å². The predicted molar refractivity (Wildman–Crippen MR) is 89.5 cm³/mol. The fraction of sp³-hybridized carbons (Fsp3) is 0.222. The number of aryl methyl sites for hydroxylation is 1. The first-order chi connectivity index (χ1) is 11.6. The number of hydrazine groups is 1. The average Bonchev–Trinajstić information content (AvgIpc) is 2.60. The largest absolute Gasteiger partial charge is 0.493 e. The molecule has 2 rings (SSSR count). The first-order valence-electron chi connectivity index (χ1n) is 7.58. The standard InChI is InChI=1S/C18H20N2O4/c1-14-7-9-16(10-8-14)24-13-18(22)20-19-17(21)11-12-23-15-5-3-2-4-6-15/h2-10H,11-13H2,1H3,(H,19,21)(H,20,22). The molecule has 6 nitrogen and oxygen atoms in total. The molecular formula is C18H20N2O4. The second kappa shape index (κ2) is 9.19. The van der Waals surface area contributed by atoms with Crippen LogP contribution in [0.25, 0.3) is 0 Å². The van der Waals surface area contributed by atoms with E-state index in [4.69, 9.17) is 9.47 Å². The Hall–Kier alpha value is -3.02. The van der Waals surface area contributed by atoms with Crippen molar-refractivity contribution in [2.45, 2.75) is 13.3 Å². The fourth-order valence-electron chi connectivity index (χ4n) is 1.80. The highest BCUT2D eigenvalue weighted by molar-refractivity contribution is 5.82. The molecule has 2 aromatic rings. The number of para-hydroxylation sites is 1. The van der Waals surface area contributed by atoms with Gasteiger partial charge in [-0.15, -0.1) is 0 Å². The van der Waals surface area contributed by atoms with Gasteiger partial charge in [0, 0.05) is 0 Å². The van der Waals surface area contributed by atoms with Crippen LogP contribution in [0.2, 0.25) is 0 Å². The smallest absolute Gasteiger partial charge is 0.276 e. The number of benzene rings is 2. The second-order valence-electron chi connectivity index (χ2n) is 5.11. The molecule has 126 valence electrons. The first kappa shape index (κ1) is 17.3. The van der Waals surface area contributed by atoms with Gasteiger partial charge in [-0.3, -0.25) is 20.4 Å². The van der Waals surface area contributed by atoms with E-state index in [0.29, 0.717) is 11.5 Å². The number of hydrogen-bond donors (Lipinski definition) is 2. The summed E-state index contributed by atoms with van der Waals surface area (Å²) in [6.07, 6.45) is 0.133. The molecule has 0 saturated heterocycles. The molecule has 2 N–H and O–H groups in total. The summed E-state index contributed by atoms with van der Waals surface area (Å²) in [4.78, 5) is 23.2. The van der Waals surface area contributed by atoms with Crippen LogP contribution >= 0.6 is 0 Å². The predicted octanol–water partition coefficient (Wildman–Crippen LogP) is 1.99. The van der Waals surface area contributed by atoms with E-state index in [-0.39, 0.29) is 25.5 Å². The highest BCUT2D eigenvalue weighted by Crippen LogP contribution is 2.11. The molecule has 2 aromatic carbocycles. The van der Waals surface area contributed by atoms with Gasteiger partial charge in [-0.25, -0.2) is 0 Å². The van der Waals surface area contributed by atoms with Crippen molar-refractivity contribution in [3.8, 4) is 11.5 Å². The molecular weight excluding hydrogens is 308 g/mol. The summed E-state index contributed by atoms with van der Waals surface area (Å²) in [5, 5.41) is 0. The summed E-state index contributed by atoms with van der Waals surface area (Å²) < 4.78 is 10.7. The van der Waals surface area contributed by atoms with Crippen LogP contribution < -0.4 is 20.3 Å². The monoisotopic (exact) mass is 328 g/mol. The van der Waals surface area contributed by atoms with Gasteiger partial charge in [0.25, 0.3) is 5.91 Å². The van der Waals surface area contributed by atoms with E-state index in [9.17, 15) is 9.59 Å². The maximum Gasteiger partial charge on any atom is 0.276 e. The molecule has 0 atom stereocenters. The van der Waals surface area contributed by atoms with Gasteiger partial charge in [-0.05, 0) is 31.2 Å². The van der Waals surface area contributed by atoms with Crippen LogP contribution in [0.4, 0.5) is 0 Å². The van der Waals surface area contributed by atoms with E-state index >= 15 is 0 Å². The lowest BCUT2D eigenvalue weighted by molar-refractivity contribution is -0.130. The fourth-order valence-corrected chi connectivity index (χ4v) is 1.80. The number of rotatable bonds is 7. The normalized spacial score (nSPS) is 9.88. The lowest BCUT2D eigenvalue weighted by Crippen LogP contribution is -2.44.